The van der Waals surface area contributed by atoms with Crippen LogP contribution in [0.4, 0.5) is 5.69 Å². The van der Waals surface area contributed by atoms with Crippen molar-refractivity contribution in [3.8, 4) is 0 Å². The van der Waals surface area contributed by atoms with Crippen LogP contribution in [0, 0.1) is 0 Å². The fraction of sp³-hybridized carbons (Fsp3) is 0.583. The molecule has 2 aliphatic rings. The van der Waals surface area contributed by atoms with Gasteiger partial charge in [-0.15, -0.1) is 0 Å². The number of carbonyl (C=O) groups excluding carboxylic acids is 4. The van der Waals surface area contributed by atoms with E-state index in [1.807, 2.05) is 0 Å². The lowest BCUT2D eigenvalue weighted by Gasteiger charge is -2.29. The van der Waals surface area contributed by atoms with E-state index in [4.69, 9.17) is 24.5 Å². The molecular weight excluding hydrogens is 500 g/mol. The van der Waals surface area contributed by atoms with Gasteiger partial charge >= 0.3 is 0 Å². The first-order valence-corrected chi connectivity index (χ1v) is 12.4. The molecule has 4 amide bonds. The summed E-state index contributed by atoms with van der Waals surface area (Å²) in [4.78, 5) is 52.7. The van der Waals surface area contributed by atoms with Crippen LogP contribution in [-0.2, 0) is 39.9 Å². The van der Waals surface area contributed by atoms with Crippen LogP contribution in [0.3, 0.4) is 0 Å². The van der Waals surface area contributed by atoms with E-state index in [0.29, 0.717) is 76.0 Å². The van der Waals surface area contributed by atoms with Crippen molar-refractivity contribution in [2.45, 2.75) is 31.8 Å². The third-order valence-corrected chi connectivity index (χ3v) is 5.80. The predicted molar refractivity (Wildman–Crippen MR) is 133 cm³/mol. The van der Waals surface area contributed by atoms with Crippen molar-refractivity contribution in [2.24, 2.45) is 5.11 Å². The monoisotopic (exact) mass is 532 g/mol. The van der Waals surface area contributed by atoms with Crippen LogP contribution in [0.2, 0.25) is 0 Å². The maximum Gasteiger partial charge on any atom is 0.255 e. The molecule has 1 aromatic carbocycles. The molecule has 0 radical (unpaired) electrons. The second-order valence-electron chi connectivity index (χ2n) is 8.47. The Balaban J connectivity index is 1.24. The van der Waals surface area contributed by atoms with Crippen LogP contribution in [0.25, 0.3) is 10.4 Å². The summed E-state index contributed by atoms with van der Waals surface area (Å²) in [5, 5.41) is 8.42. The fourth-order valence-electron chi connectivity index (χ4n) is 3.95. The molecule has 14 heteroatoms. The van der Waals surface area contributed by atoms with Crippen molar-refractivity contribution in [3.63, 3.8) is 0 Å². The van der Waals surface area contributed by atoms with Crippen LogP contribution >= 0.6 is 0 Å². The number of rotatable bonds is 17. The standard InChI is InChI=1S/C24H32N6O8/c25-29-26-6-8-36-10-12-38-14-13-37-11-9-35-7-5-22(32)27-18-1-2-19-17(15-18)16-30(24(19)34)20-3-4-21(31)28-23(20)33/h1-2,15,20H,3-14,16H2,(H,27,32)(H,28,31,33). The van der Waals surface area contributed by atoms with Gasteiger partial charge in [0.1, 0.15) is 6.04 Å². The van der Waals surface area contributed by atoms with E-state index in [2.05, 4.69) is 20.7 Å². The Morgan fingerprint density at radius 3 is 2.34 bits per heavy atom. The maximum atomic E-state index is 12.7. The maximum absolute atomic E-state index is 12.7. The number of amides is 4. The van der Waals surface area contributed by atoms with Crippen molar-refractivity contribution in [3.05, 3.63) is 39.8 Å². The van der Waals surface area contributed by atoms with Crippen molar-refractivity contribution in [2.75, 3.05) is 64.7 Å². The van der Waals surface area contributed by atoms with Crippen LogP contribution in [0.5, 0.6) is 0 Å². The van der Waals surface area contributed by atoms with Gasteiger partial charge in [0, 0.05) is 35.7 Å². The predicted octanol–water partition coefficient (Wildman–Crippen LogP) is 1.15. The molecule has 0 saturated carbocycles. The Hall–Kier alpha value is -3.55. The molecule has 38 heavy (non-hydrogen) atoms. The number of carbonyl (C=O) groups is 4. The summed E-state index contributed by atoms with van der Waals surface area (Å²) in [6, 6.07) is 4.33. The first kappa shape index (κ1) is 29.0. The molecule has 2 aliphatic heterocycles. The molecule has 1 unspecified atom stereocenters. The quantitative estimate of drug-likeness (QED) is 0.0985. The number of piperidine rings is 1. The van der Waals surface area contributed by atoms with Gasteiger partial charge in [0.15, 0.2) is 0 Å². The van der Waals surface area contributed by atoms with Gasteiger partial charge < -0.3 is 29.2 Å². The number of nitrogens with zero attached hydrogens (tertiary/aromatic N) is 4. The van der Waals surface area contributed by atoms with E-state index in [9.17, 15) is 19.2 Å². The van der Waals surface area contributed by atoms with Crippen LogP contribution in [0.1, 0.15) is 35.2 Å². The normalized spacial score (nSPS) is 16.7. The summed E-state index contributed by atoms with van der Waals surface area (Å²) in [5.41, 5.74) is 9.88. The summed E-state index contributed by atoms with van der Waals surface area (Å²) in [7, 11) is 0. The largest absolute Gasteiger partial charge is 0.379 e. The van der Waals surface area contributed by atoms with Gasteiger partial charge in [-0.1, -0.05) is 5.11 Å². The zero-order valence-electron chi connectivity index (χ0n) is 21.1. The lowest BCUT2D eigenvalue weighted by Crippen LogP contribution is -2.52. The topological polar surface area (TPSA) is 181 Å². The summed E-state index contributed by atoms with van der Waals surface area (Å²) in [6.45, 7) is 3.49. The highest BCUT2D eigenvalue weighted by molar-refractivity contribution is 6.05. The average molecular weight is 533 g/mol. The smallest absolute Gasteiger partial charge is 0.255 e. The number of hydrogen-bond acceptors (Lipinski definition) is 9. The number of nitrogens with one attached hydrogen (secondary N) is 2. The molecule has 1 aromatic rings. The number of imide groups is 1. The lowest BCUT2D eigenvalue weighted by molar-refractivity contribution is -0.137. The highest BCUT2D eigenvalue weighted by atomic mass is 16.6. The highest BCUT2D eigenvalue weighted by Gasteiger charge is 2.39. The average Bonchev–Trinajstić information content (AvgIpc) is 3.21. The van der Waals surface area contributed by atoms with E-state index in [-0.39, 0.29) is 43.7 Å². The van der Waals surface area contributed by atoms with Crippen LogP contribution in [-0.4, -0.2) is 94.0 Å². The second-order valence-corrected chi connectivity index (χ2v) is 8.47. The van der Waals surface area contributed by atoms with E-state index >= 15 is 0 Å². The molecular formula is C24H32N6O8. The van der Waals surface area contributed by atoms with Gasteiger partial charge in [0.05, 0.1) is 59.3 Å². The molecule has 14 nitrogen and oxygen atoms in total. The van der Waals surface area contributed by atoms with Crippen molar-refractivity contribution < 1.29 is 38.1 Å². The van der Waals surface area contributed by atoms with Gasteiger partial charge in [0.25, 0.3) is 5.91 Å². The number of azide groups is 1. The summed E-state index contributed by atoms with van der Waals surface area (Å²) >= 11 is 0. The molecule has 3 rings (SSSR count). The number of fused-ring (bicyclic) bond motifs is 1. The summed E-state index contributed by atoms with van der Waals surface area (Å²) < 4.78 is 21.4. The van der Waals surface area contributed by atoms with E-state index in [1.165, 1.54) is 4.90 Å². The van der Waals surface area contributed by atoms with Gasteiger partial charge in [-0.3, -0.25) is 24.5 Å². The lowest BCUT2D eigenvalue weighted by atomic mass is 10.0. The molecule has 1 saturated heterocycles. The highest BCUT2D eigenvalue weighted by Crippen LogP contribution is 2.29. The summed E-state index contributed by atoms with van der Waals surface area (Å²) in [5.74, 6) is -1.28. The number of benzene rings is 1. The Bertz CT molecular complexity index is 1040. The third-order valence-electron chi connectivity index (χ3n) is 5.80. The second kappa shape index (κ2) is 15.6. The fourth-order valence-corrected chi connectivity index (χ4v) is 3.95. The SMILES string of the molecule is [N-]=[N+]=NCCOCCOCCOCCOCCC(=O)Nc1ccc2c(c1)CN(C1CCC(=O)NC1=O)C2=O. The minimum absolute atomic E-state index is 0.154. The van der Waals surface area contributed by atoms with E-state index in [0.717, 1.165) is 0 Å². The van der Waals surface area contributed by atoms with Gasteiger partial charge in [-0.25, -0.2) is 0 Å². The zero-order chi connectivity index (χ0) is 27.2. The van der Waals surface area contributed by atoms with Gasteiger partial charge in [-0.2, -0.15) is 0 Å². The molecule has 0 aliphatic carbocycles. The van der Waals surface area contributed by atoms with E-state index in [1.54, 1.807) is 18.2 Å². The van der Waals surface area contributed by atoms with Gasteiger partial charge in [-0.05, 0) is 35.7 Å². The number of anilines is 1. The zero-order valence-corrected chi connectivity index (χ0v) is 21.1. The molecule has 2 heterocycles. The molecule has 1 fully saturated rings. The molecule has 0 bridgehead atoms. The molecule has 206 valence electrons. The van der Waals surface area contributed by atoms with Crippen molar-refractivity contribution >= 4 is 29.3 Å². The molecule has 2 N–H and O–H groups in total. The van der Waals surface area contributed by atoms with Crippen molar-refractivity contribution in [1.82, 2.24) is 10.2 Å². The summed E-state index contributed by atoms with van der Waals surface area (Å²) in [6.07, 6.45) is 0.644. The minimum Gasteiger partial charge on any atom is -0.379 e. The van der Waals surface area contributed by atoms with Crippen molar-refractivity contribution in [1.29, 1.82) is 0 Å². The molecule has 1 atom stereocenters. The van der Waals surface area contributed by atoms with Gasteiger partial charge in [0.2, 0.25) is 17.7 Å². The number of ether oxygens (including phenoxy) is 4. The van der Waals surface area contributed by atoms with E-state index < -0.39 is 11.9 Å². The first-order valence-electron chi connectivity index (χ1n) is 12.4. The molecule has 0 spiro atoms. The van der Waals surface area contributed by atoms with Crippen LogP contribution in [0.15, 0.2) is 23.3 Å². The molecule has 0 aromatic heterocycles. The minimum atomic E-state index is -0.679. The number of hydrogen-bond donors (Lipinski definition) is 2. The Kier molecular flexibility index (Phi) is 11.9. The first-order chi connectivity index (χ1) is 18.5. The Morgan fingerprint density at radius 1 is 1.03 bits per heavy atom. The Labute approximate surface area is 219 Å². The Morgan fingerprint density at radius 2 is 1.68 bits per heavy atom. The third kappa shape index (κ3) is 9.08. The van der Waals surface area contributed by atoms with Crippen LogP contribution < -0.4 is 10.6 Å².